The molecule has 0 fully saturated rings. The monoisotopic (exact) mass is 410 g/mol. The minimum absolute atomic E-state index is 0.600. The standard InChI is InChI=1S/C24H22N6O/c1-14-18-10-15(7-8-20(18)30(3)29-14)17-11-19-22(21(12-17)31-4)27-23(28-24(19)25-2)16-6-5-9-26-13-16/h5-13H,1-4H3,(H,25,27,28). The number of hydrogen-bond donors (Lipinski definition) is 1. The van der Waals surface area contributed by atoms with Gasteiger partial charge in [-0.25, -0.2) is 9.97 Å². The zero-order valence-corrected chi connectivity index (χ0v) is 17.8. The Balaban J connectivity index is 1.74. The number of ether oxygens (including phenoxy) is 1. The molecule has 0 radical (unpaired) electrons. The van der Waals surface area contributed by atoms with E-state index in [0.717, 1.165) is 50.0 Å². The van der Waals surface area contributed by atoms with Crippen LogP contribution in [0.2, 0.25) is 0 Å². The van der Waals surface area contributed by atoms with Gasteiger partial charge in [-0.3, -0.25) is 9.67 Å². The summed E-state index contributed by atoms with van der Waals surface area (Å²) < 4.78 is 7.65. The van der Waals surface area contributed by atoms with Crippen LogP contribution in [0.15, 0.2) is 54.9 Å². The quantitative estimate of drug-likeness (QED) is 0.466. The SMILES string of the molecule is CNc1nc(-c2cccnc2)nc2c(OC)cc(-c3ccc4c(c3)c(C)nn4C)cc12. The smallest absolute Gasteiger partial charge is 0.163 e. The van der Waals surface area contributed by atoms with Gasteiger partial charge in [-0.15, -0.1) is 0 Å². The van der Waals surface area contributed by atoms with Gasteiger partial charge in [0.25, 0.3) is 0 Å². The van der Waals surface area contributed by atoms with E-state index in [9.17, 15) is 0 Å². The fraction of sp³-hybridized carbons (Fsp3) is 0.167. The van der Waals surface area contributed by atoms with Crippen molar-refractivity contribution in [3.05, 3.63) is 60.6 Å². The second kappa shape index (κ2) is 7.36. The zero-order valence-electron chi connectivity index (χ0n) is 17.8. The van der Waals surface area contributed by atoms with Crippen LogP contribution in [-0.4, -0.2) is 38.9 Å². The van der Waals surface area contributed by atoms with Gasteiger partial charge in [-0.05, 0) is 54.4 Å². The van der Waals surface area contributed by atoms with Crippen molar-refractivity contribution in [1.82, 2.24) is 24.7 Å². The van der Waals surface area contributed by atoms with Crippen LogP contribution in [-0.2, 0) is 7.05 Å². The lowest BCUT2D eigenvalue weighted by Crippen LogP contribution is -2.01. The van der Waals surface area contributed by atoms with Crippen molar-refractivity contribution >= 4 is 27.6 Å². The molecule has 0 atom stereocenters. The molecule has 0 bridgehead atoms. The van der Waals surface area contributed by atoms with Crippen LogP contribution in [0.1, 0.15) is 5.69 Å². The molecular formula is C24H22N6O. The summed E-state index contributed by atoms with van der Waals surface area (Å²) in [7, 11) is 5.49. The number of pyridine rings is 1. The Morgan fingerprint density at radius 1 is 0.968 bits per heavy atom. The molecule has 0 unspecified atom stereocenters. The highest BCUT2D eigenvalue weighted by Crippen LogP contribution is 2.36. The number of methoxy groups -OCH3 is 1. The first-order valence-electron chi connectivity index (χ1n) is 10.0. The number of hydrogen-bond acceptors (Lipinski definition) is 6. The summed E-state index contributed by atoms with van der Waals surface area (Å²) in [4.78, 5) is 13.7. The van der Waals surface area contributed by atoms with Crippen LogP contribution in [0, 0.1) is 6.92 Å². The summed E-state index contributed by atoms with van der Waals surface area (Å²) >= 11 is 0. The van der Waals surface area contributed by atoms with Crippen molar-refractivity contribution in [1.29, 1.82) is 0 Å². The largest absolute Gasteiger partial charge is 0.494 e. The minimum Gasteiger partial charge on any atom is -0.494 e. The summed E-state index contributed by atoms with van der Waals surface area (Å²) in [5.74, 6) is 2.03. The molecule has 154 valence electrons. The maximum atomic E-state index is 5.75. The van der Waals surface area contributed by atoms with E-state index in [1.807, 2.05) is 43.9 Å². The van der Waals surface area contributed by atoms with Gasteiger partial charge < -0.3 is 10.1 Å². The van der Waals surface area contributed by atoms with Crippen molar-refractivity contribution in [2.75, 3.05) is 19.5 Å². The van der Waals surface area contributed by atoms with Gasteiger partial charge in [-0.2, -0.15) is 5.10 Å². The summed E-state index contributed by atoms with van der Waals surface area (Å²) in [6.07, 6.45) is 3.49. The van der Waals surface area contributed by atoms with Crippen molar-refractivity contribution in [3.63, 3.8) is 0 Å². The maximum absolute atomic E-state index is 5.75. The van der Waals surface area contributed by atoms with Crippen LogP contribution in [0.5, 0.6) is 5.75 Å². The molecule has 5 aromatic rings. The Bertz CT molecular complexity index is 1430. The van der Waals surface area contributed by atoms with E-state index in [1.165, 1.54) is 0 Å². The molecule has 0 aliphatic carbocycles. The Labute approximate surface area is 179 Å². The Hall–Kier alpha value is -4.00. The van der Waals surface area contributed by atoms with Gasteiger partial charge >= 0.3 is 0 Å². The number of anilines is 1. The predicted molar refractivity (Wildman–Crippen MR) is 123 cm³/mol. The van der Waals surface area contributed by atoms with E-state index in [4.69, 9.17) is 14.7 Å². The summed E-state index contributed by atoms with van der Waals surface area (Å²) in [6, 6.07) is 14.3. The molecule has 2 aromatic carbocycles. The van der Waals surface area contributed by atoms with Crippen LogP contribution < -0.4 is 10.1 Å². The van der Waals surface area contributed by atoms with Crippen LogP contribution in [0.3, 0.4) is 0 Å². The lowest BCUT2D eigenvalue weighted by atomic mass is 10.0. The molecule has 0 aliphatic rings. The molecule has 0 amide bonds. The number of benzene rings is 2. The van der Waals surface area contributed by atoms with Crippen LogP contribution in [0.4, 0.5) is 5.82 Å². The second-order valence-electron chi connectivity index (χ2n) is 7.40. The molecule has 31 heavy (non-hydrogen) atoms. The average molecular weight is 410 g/mol. The molecule has 0 saturated carbocycles. The number of nitrogens with one attached hydrogen (secondary N) is 1. The highest BCUT2D eigenvalue weighted by molar-refractivity contribution is 5.98. The van der Waals surface area contributed by atoms with Gasteiger partial charge in [0.15, 0.2) is 5.82 Å². The van der Waals surface area contributed by atoms with Crippen LogP contribution >= 0.6 is 0 Å². The Morgan fingerprint density at radius 3 is 2.55 bits per heavy atom. The van der Waals surface area contributed by atoms with E-state index in [0.29, 0.717) is 11.6 Å². The topological polar surface area (TPSA) is 77.8 Å². The van der Waals surface area contributed by atoms with Gasteiger partial charge in [0.2, 0.25) is 0 Å². The third kappa shape index (κ3) is 3.15. The summed E-state index contributed by atoms with van der Waals surface area (Å²) in [5.41, 5.74) is 5.83. The fourth-order valence-corrected chi connectivity index (χ4v) is 3.96. The van der Waals surface area contributed by atoms with E-state index in [-0.39, 0.29) is 0 Å². The highest BCUT2D eigenvalue weighted by atomic mass is 16.5. The molecule has 7 nitrogen and oxygen atoms in total. The first kappa shape index (κ1) is 19.0. The number of aromatic nitrogens is 5. The first-order chi connectivity index (χ1) is 15.1. The molecule has 7 heteroatoms. The third-order valence-corrected chi connectivity index (χ3v) is 5.51. The normalized spacial score (nSPS) is 11.2. The highest BCUT2D eigenvalue weighted by Gasteiger charge is 2.16. The van der Waals surface area contributed by atoms with Crippen molar-refractivity contribution in [2.45, 2.75) is 6.92 Å². The third-order valence-electron chi connectivity index (χ3n) is 5.51. The van der Waals surface area contributed by atoms with E-state index in [2.05, 4.69) is 39.7 Å². The van der Waals surface area contributed by atoms with Gasteiger partial charge in [0.1, 0.15) is 17.1 Å². The van der Waals surface area contributed by atoms with E-state index >= 15 is 0 Å². The Morgan fingerprint density at radius 2 is 1.81 bits per heavy atom. The molecule has 1 N–H and O–H groups in total. The van der Waals surface area contributed by atoms with Crippen molar-refractivity contribution < 1.29 is 4.74 Å². The van der Waals surface area contributed by atoms with Gasteiger partial charge in [-0.1, -0.05) is 6.07 Å². The zero-order chi connectivity index (χ0) is 21.5. The number of rotatable bonds is 4. The lowest BCUT2D eigenvalue weighted by Gasteiger charge is -2.13. The van der Waals surface area contributed by atoms with Crippen molar-refractivity contribution in [3.8, 4) is 28.3 Å². The minimum atomic E-state index is 0.600. The summed E-state index contributed by atoms with van der Waals surface area (Å²) in [5, 5.41) is 9.77. The molecule has 0 spiro atoms. The van der Waals surface area contributed by atoms with E-state index < -0.39 is 0 Å². The molecular weight excluding hydrogens is 388 g/mol. The average Bonchev–Trinajstić information content (AvgIpc) is 3.10. The number of aryl methyl sites for hydroxylation is 2. The molecule has 0 aliphatic heterocycles. The lowest BCUT2D eigenvalue weighted by molar-refractivity contribution is 0.419. The maximum Gasteiger partial charge on any atom is 0.163 e. The molecule has 3 aromatic heterocycles. The molecule has 3 heterocycles. The van der Waals surface area contributed by atoms with Gasteiger partial charge in [0, 0.05) is 42.8 Å². The van der Waals surface area contributed by atoms with E-state index in [1.54, 1.807) is 19.5 Å². The van der Waals surface area contributed by atoms with Crippen LogP contribution in [0.25, 0.3) is 44.3 Å². The first-order valence-corrected chi connectivity index (χ1v) is 10.0. The molecule has 5 rings (SSSR count). The number of fused-ring (bicyclic) bond motifs is 2. The Kier molecular flexibility index (Phi) is 4.51. The molecule has 0 saturated heterocycles. The fourth-order valence-electron chi connectivity index (χ4n) is 3.96. The van der Waals surface area contributed by atoms with Crippen molar-refractivity contribution in [2.24, 2.45) is 7.05 Å². The second-order valence-corrected chi connectivity index (χ2v) is 7.40. The predicted octanol–water partition coefficient (Wildman–Crippen LogP) is 4.60. The summed E-state index contributed by atoms with van der Waals surface area (Å²) in [6.45, 7) is 2.03. The number of nitrogens with zero attached hydrogens (tertiary/aromatic N) is 5. The van der Waals surface area contributed by atoms with Gasteiger partial charge in [0.05, 0.1) is 18.3 Å².